The third-order valence-electron chi connectivity index (χ3n) is 4.39. The number of nitrogens with zero attached hydrogens (tertiary/aromatic N) is 2. The summed E-state index contributed by atoms with van der Waals surface area (Å²) < 4.78 is 15.1. The first-order valence-corrected chi connectivity index (χ1v) is 7.16. The van der Waals surface area contributed by atoms with Gasteiger partial charge in [-0.3, -0.25) is 9.48 Å². The summed E-state index contributed by atoms with van der Waals surface area (Å²) in [5.41, 5.74) is 2.66. The number of carboxylic acid groups (broad SMARTS) is 1. The summed E-state index contributed by atoms with van der Waals surface area (Å²) in [6, 6.07) is 4.80. The summed E-state index contributed by atoms with van der Waals surface area (Å²) in [6.07, 6.45) is 6.77. The second-order valence-electron chi connectivity index (χ2n) is 5.76. The monoisotopic (exact) mass is 315 g/mol. The van der Waals surface area contributed by atoms with Crippen LogP contribution in [0.5, 0.6) is 0 Å². The molecule has 2 aromatic heterocycles. The molecule has 1 aliphatic carbocycles. The standard InChI is InChI=1S/C16H14FN3O2.CH4/c17-11-1-2-13-14(7-18-15(13)5-11)10-6-19-20(8-10)12-3-9(4-12)16(21)22;/h1-2,5-9,12,18H,3-4H2,(H,21,22);1H4. The van der Waals surface area contributed by atoms with Gasteiger partial charge in [-0.25, -0.2) is 4.39 Å². The van der Waals surface area contributed by atoms with Crippen molar-refractivity contribution in [2.24, 2.45) is 5.92 Å². The predicted molar refractivity (Wildman–Crippen MR) is 85.6 cm³/mol. The summed E-state index contributed by atoms with van der Waals surface area (Å²) in [5.74, 6) is -1.26. The van der Waals surface area contributed by atoms with E-state index in [9.17, 15) is 9.18 Å². The molecule has 5 nitrogen and oxygen atoms in total. The lowest BCUT2D eigenvalue weighted by Gasteiger charge is -2.32. The predicted octanol–water partition coefficient (Wildman–Crippen LogP) is 3.84. The minimum absolute atomic E-state index is 0. The molecule has 2 N–H and O–H groups in total. The third kappa shape index (κ3) is 2.50. The molecule has 2 heterocycles. The van der Waals surface area contributed by atoms with Gasteiger partial charge in [0.05, 0.1) is 18.2 Å². The fraction of sp³-hybridized carbons (Fsp3) is 0.294. The Kier molecular flexibility index (Phi) is 3.67. The lowest BCUT2D eigenvalue weighted by Crippen LogP contribution is -2.32. The van der Waals surface area contributed by atoms with Gasteiger partial charge in [0, 0.05) is 34.4 Å². The van der Waals surface area contributed by atoms with Crippen molar-refractivity contribution in [1.82, 2.24) is 14.8 Å². The SMILES string of the molecule is C.O=C(O)C1CC(n2cc(-c3c[nH]c4cc(F)ccc34)cn2)C1. The van der Waals surface area contributed by atoms with E-state index in [0.717, 1.165) is 22.0 Å². The van der Waals surface area contributed by atoms with Crippen molar-refractivity contribution < 1.29 is 14.3 Å². The van der Waals surface area contributed by atoms with E-state index < -0.39 is 5.97 Å². The zero-order chi connectivity index (χ0) is 15.3. The number of benzene rings is 1. The number of carbonyl (C=O) groups is 1. The number of rotatable bonds is 3. The van der Waals surface area contributed by atoms with Crippen LogP contribution in [0.15, 0.2) is 36.8 Å². The molecule has 6 heteroatoms. The largest absolute Gasteiger partial charge is 0.481 e. The summed E-state index contributed by atoms with van der Waals surface area (Å²) in [5, 5.41) is 14.2. The number of hydrogen-bond donors (Lipinski definition) is 2. The molecule has 4 rings (SSSR count). The average Bonchev–Trinajstić information content (AvgIpc) is 3.02. The van der Waals surface area contributed by atoms with Gasteiger partial charge in [-0.2, -0.15) is 5.10 Å². The molecule has 120 valence electrons. The maximum Gasteiger partial charge on any atom is 0.306 e. The first-order valence-electron chi connectivity index (χ1n) is 7.16. The first kappa shape index (κ1) is 15.3. The Bertz CT molecular complexity index is 862. The fourth-order valence-electron chi connectivity index (χ4n) is 3.02. The van der Waals surface area contributed by atoms with Gasteiger partial charge in [0.2, 0.25) is 0 Å². The van der Waals surface area contributed by atoms with Crippen molar-refractivity contribution >= 4 is 16.9 Å². The van der Waals surface area contributed by atoms with Crippen LogP contribution in [0.1, 0.15) is 26.3 Å². The van der Waals surface area contributed by atoms with E-state index in [0.29, 0.717) is 12.8 Å². The van der Waals surface area contributed by atoms with E-state index in [2.05, 4.69) is 10.1 Å². The fourth-order valence-corrected chi connectivity index (χ4v) is 3.02. The zero-order valence-electron chi connectivity index (χ0n) is 11.7. The number of aromatic nitrogens is 3. The van der Waals surface area contributed by atoms with Crippen molar-refractivity contribution in [2.75, 3.05) is 0 Å². The average molecular weight is 315 g/mol. The van der Waals surface area contributed by atoms with E-state index in [4.69, 9.17) is 5.11 Å². The van der Waals surface area contributed by atoms with E-state index in [1.807, 2.05) is 17.1 Å². The molecule has 0 bridgehead atoms. The molecular weight excluding hydrogens is 297 g/mol. The Balaban J connectivity index is 0.00000156. The molecule has 0 aliphatic heterocycles. The lowest BCUT2D eigenvalue weighted by atomic mass is 9.80. The molecule has 0 unspecified atom stereocenters. The van der Waals surface area contributed by atoms with Crippen molar-refractivity contribution in [3.05, 3.63) is 42.6 Å². The second kappa shape index (κ2) is 5.53. The number of nitrogens with one attached hydrogen (secondary N) is 1. The van der Waals surface area contributed by atoms with E-state index >= 15 is 0 Å². The van der Waals surface area contributed by atoms with Gasteiger partial charge in [-0.1, -0.05) is 7.43 Å². The third-order valence-corrected chi connectivity index (χ3v) is 4.39. The van der Waals surface area contributed by atoms with Crippen LogP contribution < -0.4 is 0 Å². The van der Waals surface area contributed by atoms with E-state index in [1.165, 1.54) is 12.1 Å². The number of aromatic amines is 1. The number of H-pyrrole nitrogens is 1. The first-order chi connectivity index (χ1) is 10.6. The highest BCUT2D eigenvalue weighted by Gasteiger charge is 2.36. The number of halogens is 1. The molecule has 0 atom stereocenters. The van der Waals surface area contributed by atoms with Gasteiger partial charge in [0.25, 0.3) is 0 Å². The van der Waals surface area contributed by atoms with Crippen LogP contribution in [-0.2, 0) is 4.79 Å². The molecule has 0 amide bonds. The molecule has 0 radical (unpaired) electrons. The molecular formula is C17H18FN3O2. The van der Waals surface area contributed by atoms with Gasteiger partial charge in [-0.15, -0.1) is 0 Å². The van der Waals surface area contributed by atoms with Crippen molar-refractivity contribution in [2.45, 2.75) is 26.3 Å². The van der Waals surface area contributed by atoms with Crippen molar-refractivity contribution in [1.29, 1.82) is 0 Å². The molecule has 0 saturated heterocycles. The van der Waals surface area contributed by atoms with Crippen LogP contribution in [0.4, 0.5) is 4.39 Å². The van der Waals surface area contributed by atoms with Crippen LogP contribution >= 0.6 is 0 Å². The number of fused-ring (bicyclic) bond motifs is 1. The number of aliphatic carboxylic acids is 1. The van der Waals surface area contributed by atoms with Gasteiger partial charge in [-0.05, 0) is 31.0 Å². The molecule has 1 aromatic carbocycles. The molecule has 1 saturated carbocycles. The van der Waals surface area contributed by atoms with E-state index in [-0.39, 0.29) is 25.2 Å². The topological polar surface area (TPSA) is 70.9 Å². The Morgan fingerprint density at radius 1 is 1.39 bits per heavy atom. The minimum atomic E-state index is -0.734. The Morgan fingerprint density at radius 3 is 2.91 bits per heavy atom. The molecule has 1 fully saturated rings. The lowest BCUT2D eigenvalue weighted by molar-refractivity contribution is -0.146. The molecule has 0 spiro atoms. The molecule has 23 heavy (non-hydrogen) atoms. The highest BCUT2D eigenvalue weighted by atomic mass is 19.1. The van der Waals surface area contributed by atoms with E-state index in [1.54, 1.807) is 12.3 Å². The summed E-state index contributed by atoms with van der Waals surface area (Å²) in [7, 11) is 0. The van der Waals surface area contributed by atoms with Crippen LogP contribution in [-0.4, -0.2) is 25.8 Å². The van der Waals surface area contributed by atoms with Gasteiger partial charge in [0.15, 0.2) is 0 Å². The van der Waals surface area contributed by atoms with Gasteiger partial charge >= 0.3 is 5.97 Å². The summed E-state index contributed by atoms with van der Waals surface area (Å²) in [6.45, 7) is 0. The Hall–Kier alpha value is -2.63. The summed E-state index contributed by atoms with van der Waals surface area (Å²) >= 11 is 0. The van der Waals surface area contributed by atoms with Crippen LogP contribution in [0, 0.1) is 11.7 Å². The Labute approximate surface area is 132 Å². The normalized spacial score (nSPS) is 20.0. The van der Waals surface area contributed by atoms with Crippen LogP contribution in [0.25, 0.3) is 22.0 Å². The Morgan fingerprint density at radius 2 is 2.17 bits per heavy atom. The van der Waals surface area contributed by atoms with Crippen LogP contribution in [0.3, 0.4) is 0 Å². The molecule has 1 aliphatic rings. The van der Waals surface area contributed by atoms with Crippen LogP contribution in [0.2, 0.25) is 0 Å². The zero-order valence-corrected chi connectivity index (χ0v) is 11.7. The number of carboxylic acids is 1. The minimum Gasteiger partial charge on any atom is -0.481 e. The quantitative estimate of drug-likeness (QED) is 0.771. The number of hydrogen-bond acceptors (Lipinski definition) is 2. The second-order valence-corrected chi connectivity index (χ2v) is 5.76. The van der Waals surface area contributed by atoms with Gasteiger partial charge < -0.3 is 10.1 Å². The maximum absolute atomic E-state index is 13.2. The highest BCUT2D eigenvalue weighted by molar-refractivity contribution is 5.95. The van der Waals surface area contributed by atoms with Crippen molar-refractivity contribution in [3.8, 4) is 11.1 Å². The van der Waals surface area contributed by atoms with Crippen molar-refractivity contribution in [3.63, 3.8) is 0 Å². The maximum atomic E-state index is 13.2. The highest BCUT2D eigenvalue weighted by Crippen LogP contribution is 2.38. The smallest absolute Gasteiger partial charge is 0.306 e. The van der Waals surface area contributed by atoms with Gasteiger partial charge in [0.1, 0.15) is 5.82 Å². The summed E-state index contributed by atoms with van der Waals surface area (Å²) in [4.78, 5) is 13.9. The molecule has 3 aromatic rings.